The molecule has 2 heterocycles. The molecule has 6 heteroatoms. The molecule has 1 aromatic heterocycles. The number of nitrogens with zero attached hydrogens (tertiary/aromatic N) is 2. The molecule has 2 rings (SSSR count). The Hall–Kier alpha value is -1.14. The Bertz CT molecular complexity index is 428. The lowest BCUT2D eigenvalue weighted by Gasteiger charge is -2.31. The molecule has 1 fully saturated rings. The molecule has 1 saturated heterocycles. The van der Waals surface area contributed by atoms with Crippen molar-refractivity contribution in [2.45, 2.75) is 32.6 Å². The van der Waals surface area contributed by atoms with Crippen LogP contribution in [0.15, 0.2) is 5.38 Å². The van der Waals surface area contributed by atoms with Crippen LogP contribution < -0.4 is 5.32 Å². The fraction of sp³-hybridized carbons (Fsp3) is 0.714. The molecule has 5 nitrogen and oxygen atoms in total. The van der Waals surface area contributed by atoms with Crippen LogP contribution in [0.1, 0.15) is 30.0 Å². The average Bonchev–Trinajstić information content (AvgIpc) is 2.89. The van der Waals surface area contributed by atoms with E-state index in [0.29, 0.717) is 12.5 Å². The molecule has 0 radical (unpaired) electrons. The maximum atomic E-state index is 11.9. The number of carbonyl (C=O) groups excluding carboxylic acids is 1. The third-order valence-electron chi connectivity index (χ3n) is 3.67. The topological polar surface area (TPSA) is 65.5 Å². The van der Waals surface area contributed by atoms with E-state index in [1.54, 1.807) is 11.3 Å². The second kappa shape index (κ2) is 7.59. The lowest BCUT2D eigenvalue weighted by Crippen LogP contribution is -2.45. The van der Waals surface area contributed by atoms with Gasteiger partial charge in [0, 0.05) is 43.7 Å². The lowest BCUT2D eigenvalue weighted by atomic mass is 9.98. The second-order valence-corrected chi connectivity index (χ2v) is 6.27. The van der Waals surface area contributed by atoms with E-state index >= 15 is 0 Å². The summed E-state index contributed by atoms with van der Waals surface area (Å²) in [5.74, 6) is 0.368. The molecule has 1 aliphatic rings. The number of hydrogen-bond acceptors (Lipinski definition) is 4. The number of nitrogens with one attached hydrogen (secondary N) is 1. The van der Waals surface area contributed by atoms with Crippen LogP contribution in [0.3, 0.4) is 0 Å². The maximum Gasteiger partial charge on any atom is 0.317 e. The monoisotopic (exact) mass is 297 g/mol. The third-order valence-corrected chi connectivity index (χ3v) is 4.70. The Morgan fingerprint density at radius 2 is 2.30 bits per heavy atom. The summed E-state index contributed by atoms with van der Waals surface area (Å²) in [4.78, 5) is 18.2. The van der Waals surface area contributed by atoms with Crippen LogP contribution in [0.4, 0.5) is 4.79 Å². The van der Waals surface area contributed by atoms with Crippen molar-refractivity contribution in [3.05, 3.63) is 16.1 Å². The number of likely N-dealkylation sites (tertiary alicyclic amines) is 1. The Kier molecular flexibility index (Phi) is 5.79. The zero-order valence-electron chi connectivity index (χ0n) is 12.0. The maximum absolute atomic E-state index is 11.9. The highest BCUT2D eigenvalue weighted by Gasteiger charge is 2.21. The number of piperidine rings is 1. The minimum absolute atomic E-state index is 0.0247. The van der Waals surface area contributed by atoms with E-state index in [4.69, 9.17) is 5.11 Å². The first-order valence-electron chi connectivity index (χ1n) is 7.23. The Morgan fingerprint density at radius 1 is 1.55 bits per heavy atom. The molecular weight excluding hydrogens is 274 g/mol. The SMILES string of the molecule is Cc1csc(CCCNC(=O)N2CCC(CO)CC2)n1. The number of aryl methyl sites for hydroxylation is 2. The average molecular weight is 297 g/mol. The molecular formula is C14H23N3O2S. The molecule has 112 valence electrons. The fourth-order valence-electron chi connectivity index (χ4n) is 2.38. The van der Waals surface area contributed by atoms with Gasteiger partial charge in [0.25, 0.3) is 0 Å². The van der Waals surface area contributed by atoms with E-state index in [-0.39, 0.29) is 12.6 Å². The highest BCUT2D eigenvalue weighted by atomic mass is 32.1. The summed E-state index contributed by atoms with van der Waals surface area (Å²) in [6.07, 6.45) is 3.65. The van der Waals surface area contributed by atoms with Crippen molar-refractivity contribution in [2.24, 2.45) is 5.92 Å². The van der Waals surface area contributed by atoms with E-state index in [1.165, 1.54) is 0 Å². The molecule has 0 saturated carbocycles. The quantitative estimate of drug-likeness (QED) is 0.815. The molecule has 0 spiro atoms. The van der Waals surface area contributed by atoms with Gasteiger partial charge in [-0.1, -0.05) is 0 Å². The number of aliphatic hydroxyl groups is 1. The van der Waals surface area contributed by atoms with Gasteiger partial charge in [0.05, 0.1) is 5.01 Å². The van der Waals surface area contributed by atoms with E-state index in [0.717, 1.165) is 49.5 Å². The molecule has 0 aromatic carbocycles. The summed E-state index contributed by atoms with van der Waals surface area (Å²) in [6, 6.07) is 0.0247. The van der Waals surface area contributed by atoms with E-state index in [1.807, 2.05) is 11.8 Å². The number of rotatable bonds is 5. The Labute approximate surface area is 124 Å². The van der Waals surface area contributed by atoms with Crippen LogP contribution in [0.2, 0.25) is 0 Å². The lowest BCUT2D eigenvalue weighted by molar-refractivity contribution is 0.137. The van der Waals surface area contributed by atoms with Crippen molar-refractivity contribution < 1.29 is 9.90 Å². The van der Waals surface area contributed by atoms with Gasteiger partial charge < -0.3 is 15.3 Å². The predicted octanol–water partition coefficient (Wildman–Crippen LogP) is 1.80. The molecule has 20 heavy (non-hydrogen) atoms. The van der Waals surface area contributed by atoms with E-state index in [2.05, 4.69) is 15.7 Å². The van der Waals surface area contributed by atoms with Crippen LogP contribution in [0.25, 0.3) is 0 Å². The number of thiazole rings is 1. The van der Waals surface area contributed by atoms with Gasteiger partial charge in [0.2, 0.25) is 0 Å². The van der Waals surface area contributed by atoms with Crippen molar-refractivity contribution in [1.82, 2.24) is 15.2 Å². The first-order valence-corrected chi connectivity index (χ1v) is 8.11. The van der Waals surface area contributed by atoms with Gasteiger partial charge in [-0.15, -0.1) is 11.3 Å². The van der Waals surface area contributed by atoms with Gasteiger partial charge in [0.1, 0.15) is 0 Å². The summed E-state index contributed by atoms with van der Waals surface area (Å²) in [7, 11) is 0. The normalized spacial score (nSPS) is 16.4. The molecule has 2 amide bonds. The zero-order valence-corrected chi connectivity index (χ0v) is 12.8. The molecule has 0 bridgehead atoms. The first kappa shape index (κ1) is 15.3. The van der Waals surface area contributed by atoms with E-state index < -0.39 is 0 Å². The number of amides is 2. The number of hydrogen-bond donors (Lipinski definition) is 2. The molecule has 1 aromatic rings. The van der Waals surface area contributed by atoms with Gasteiger partial charge >= 0.3 is 6.03 Å². The second-order valence-electron chi connectivity index (χ2n) is 5.33. The van der Waals surface area contributed by atoms with Gasteiger partial charge in [-0.05, 0) is 32.1 Å². The highest BCUT2D eigenvalue weighted by molar-refractivity contribution is 7.09. The van der Waals surface area contributed by atoms with Crippen LogP contribution >= 0.6 is 11.3 Å². The molecule has 0 unspecified atom stereocenters. The number of urea groups is 1. The van der Waals surface area contributed by atoms with Crippen LogP contribution in [0.5, 0.6) is 0 Å². The molecule has 1 aliphatic heterocycles. The summed E-state index contributed by atoms with van der Waals surface area (Å²) >= 11 is 1.68. The Balaban J connectivity index is 1.61. The van der Waals surface area contributed by atoms with Gasteiger partial charge in [-0.3, -0.25) is 0 Å². The highest BCUT2D eigenvalue weighted by Crippen LogP contribution is 2.16. The van der Waals surface area contributed by atoms with Crippen LogP contribution in [-0.2, 0) is 6.42 Å². The van der Waals surface area contributed by atoms with Crippen molar-refractivity contribution >= 4 is 17.4 Å². The number of aromatic nitrogens is 1. The van der Waals surface area contributed by atoms with Gasteiger partial charge in [-0.25, -0.2) is 9.78 Å². The van der Waals surface area contributed by atoms with Crippen molar-refractivity contribution in [3.8, 4) is 0 Å². The summed E-state index contributed by atoms with van der Waals surface area (Å²) < 4.78 is 0. The van der Waals surface area contributed by atoms with Crippen molar-refractivity contribution in [1.29, 1.82) is 0 Å². The van der Waals surface area contributed by atoms with Crippen molar-refractivity contribution in [2.75, 3.05) is 26.2 Å². The zero-order chi connectivity index (χ0) is 14.4. The van der Waals surface area contributed by atoms with Crippen LogP contribution in [0, 0.1) is 12.8 Å². The van der Waals surface area contributed by atoms with E-state index in [9.17, 15) is 4.79 Å². The summed E-state index contributed by atoms with van der Waals surface area (Å²) in [6.45, 7) is 4.43. The van der Waals surface area contributed by atoms with Crippen molar-refractivity contribution in [3.63, 3.8) is 0 Å². The Morgan fingerprint density at radius 3 is 2.90 bits per heavy atom. The smallest absolute Gasteiger partial charge is 0.317 e. The summed E-state index contributed by atoms with van der Waals surface area (Å²) in [5.41, 5.74) is 1.07. The van der Waals surface area contributed by atoms with Gasteiger partial charge in [0.15, 0.2) is 0 Å². The minimum atomic E-state index is 0.0247. The fourth-order valence-corrected chi connectivity index (χ4v) is 3.20. The third kappa shape index (κ3) is 4.45. The van der Waals surface area contributed by atoms with Crippen LogP contribution in [-0.4, -0.2) is 47.3 Å². The van der Waals surface area contributed by atoms with Gasteiger partial charge in [-0.2, -0.15) is 0 Å². The largest absolute Gasteiger partial charge is 0.396 e. The number of carbonyl (C=O) groups is 1. The minimum Gasteiger partial charge on any atom is -0.396 e. The first-order chi connectivity index (χ1) is 9.69. The standard InChI is InChI=1S/C14H23N3O2S/c1-11-10-20-13(16-11)3-2-6-15-14(19)17-7-4-12(9-18)5-8-17/h10,12,18H,2-9H2,1H3,(H,15,19). The molecule has 0 atom stereocenters. The predicted molar refractivity (Wildman–Crippen MR) is 80.0 cm³/mol. The molecule has 0 aliphatic carbocycles. The number of aliphatic hydroxyl groups excluding tert-OH is 1. The molecule has 2 N–H and O–H groups in total. The summed E-state index contributed by atoms with van der Waals surface area (Å²) in [5, 5.41) is 15.2.